The van der Waals surface area contributed by atoms with Crippen molar-refractivity contribution in [1.82, 2.24) is 4.90 Å². The summed E-state index contributed by atoms with van der Waals surface area (Å²) in [7, 11) is 1.80. The molecule has 1 amide bonds. The van der Waals surface area contributed by atoms with Crippen molar-refractivity contribution in [3.05, 3.63) is 65.9 Å². The molecule has 0 saturated carbocycles. The largest absolute Gasteiger partial charge is 0.494 e. The van der Waals surface area contributed by atoms with Crippen molar-refractivity contribution in [1.29, 1.82) is 0 Å². The summed E-state index contributed by atoms with van der Waals surface area (Å²) < 4.78 is 17.2. The number of ether oxygens (including phenoxy) is 3. The first-order chi connectivity index (χ1) is 16.5. The molecule has 7 heteroatoms. The van der Waals surface area contributed by atoms with Crippen molar-refractivity contribution in [2.45, 2.75) is 20.8 Å². The van der Waals surface area contributed by atoms with Gasteiger partial charge in [0.25, 0.3) is 5.91 Å². The zero-order valence-corrected chi connectivity index (χ0v) is 20.6. The number of carbonyl (C=O) groups excluding carboxylic acids is 1. The predicted molar refractivity (Wildman–Crippen MR) is 140 cm³/mol. The Balaban J connectivity index is 1.80. The lowest BCUT2D eigenvalue weighted by Crippen LogP contribution is -2.31. The highest BCUT2D eigenvalue weighted by Crippen LogP contribution is 2.35. The standard InChI is InChI=1S/C27H28N2O4S/c1-5-31-20-13-10-19(11-14-20)29-26(30)24(28(4)27(29)34)17-23-22-16-21(32-6-2)12-8-18(22)9-15-25(23)33-7-3/h8-17H,5-7H2,1-4H3/b24-17-. The number of nitrogens with zero attached hydrogens (tertiary/aromatic N) is 2. The number of rotatable bonds is 8. The van der Waals surface area contributed by atoms with Gasteiger partial charge in [-0.1, -0.05) is 12.1 Å². The maximum Gasteiger partial charge on any atom is 0.281 e. The van der Waals surface area contributed by atoms with Gasteiger partial charge < -0.3 is 19.1 Å². The highest BCUT2D eigenvalue weighted by molar-refractivity contribution is 7.80. The van der Waals surface area contributed by atoms with Crippen molar-refractivity contribution >= 4 is 45.8 Å². The molecule has 3 aromatic rings. The van der Waals surface area contributed by atoms with Gasteiger partial charge in [-0.05, 0) is 92.3 Å². The minimum atomic E-state index is -0.197. The summed E-state index contributed by atoms with van der Waals surface area (Å²) in [5.41, 5.74) is 1.97. The number of benzene rings is 3. The molecule has 0 bridgehead atoms. The Labute approximate surface area is 205 Å². The van der Waals surface area contributed by atoms with Crippen LogP contribution in [0.3, 0.4) is 0 Å². The summed E-state index contributed by atoms with van der Waals surface area (Å²) in [5.74, 6) is 2.01. The van der Waals surface area contributed by atoms with E-state index in [2.05, 4.69) is 0 Å². The van der Waals surface area contributed by atoms with Crippen LogP contribution in [-0.4, -0.2) is 42.8 Å². The lowest BCUT2D eigenvalue weighted by Gasteiger charge is -2.17. The molecular formula is C27H28N2O4S. The third-order valence-electron chi connectivity index (χ3n) is 5.55. The molecule has 0 unspecified atom stereocenters. The molecule has 34 heavy (non-hydrogen) atoms. The lowest BCUT2D eigenvalue weighted by molar-refractivity contribution is -0.114. The smallest absolute Gasteiger partial charge is 0.281 e. The number of hydrogen-bond donors (Lipinski definition) is 0. The molecule has 1 fully saturated rings. The van der Waals surface area contributed by atoms with Crippen LogP contribution in [0.15, 0.2) is 60.3 Å². The van der Waals surface area contributed by atoms with E-state index in [1.807, 2.05) is 81.4 Å². The van der Waals surface area contributed by atoms with Crippen LogP contribution >= 0.6 is 12.2 Å². The highest BCUT2D eigenvalue weighted by Gasteiger charge is 2.37. The number of fused-ring (bicyclic) bond motifs is 1. The average molecular weight is 477 g/mol. The molecule has 0 spiro atoms. The van der Waals surface area contributed by atoms with Gasteiger partial charge >= 0.3 is 0 Å². The summed E-state index contributed by atoms with van der Waals surface area (Å²) in [6, 6.07) is 17.2. The first-order valence-electron chi connectivity index (χ1n) is 11.4. The maximum absolute atomic E-state index is 13.5. The molecule has 1 saturated heterocycles. The van der Waals surface area contributed by atoms with E-state index in [4.69, 9.17) is 26.4 Å². The zero-order chi connectivity index (χ0) is 24.2. The molecule has 1 aliphatic heterocycles. The Morgan fingerprint density at radius 1 is 0.853 bits per heavy atom. The molecular weight excluding hydrogens is 448 g/mol. The van der Waals surface area contributed by atoms with Gasteiger partial charge in [-0.25, -0.2) is 0 Å². The second-order valence-electron chi connectivity index (χ2n) is 7.66. The van der Waals surface area contributed by atoms with E-state index < -0.39 is 0 Å². The number of thiocarbonyl (C=S) groups is 1. The second-order valence-corrected chi connectivity index (χ2v) is 8.03. The van der Waals surface area contributed by atoms with Crippen LogP contribution in [0.25, 0.3) is 16.8 Å². The third kappa shape index (κ3) is 4.43. The highest BCUT2D eigenvalue weighted by atomic mass is 32.1. The van der Waals surface area contributed by atoms with Crippen molar-refractivity contribution in [3.8, 4) is 17.2 Å². The van der Waals surface area contributed by atoms with Gasteiger partial charge in [0, 0.05) is 12.6 Å². The Morgan fingerprint density at radius 3 is 2.15 bits per heavy atom. The van der Waals surface area contributed by atoms with Gasteiger partial charge in [0.2, 0.25) is 0 Å². The van der Waals surface area contributed by atoms with E-state index in [9.17, 15) is 4.79 Å². The molecule has 0 N–H and O–H groups in total. The van der Waals surface area contributed by atoms with Crippen LogP contribution in [0, 0.1) is 0 Å². The Kier molecular flexibility index (Phi) is 7.03. The minimum absolute atomic E-state index is 0.197. The summed E-state index contributed by atoms with van der Waals surface area (Å²) in [6.45, 7) is 7.47. The fraction of sp³-hybridized carbons (Fsp3) is 0.259. The molecule has 4 rings (SSSR count). The van der Waals surface area contributed by atoms with Crippen molar-refractivity contribution in [3.63, 3.8) is 0 Å². The van der Waals surface area contributed by atoms with Crippen LogP contribution in [0.4, 0.5) is 5.69 Å². The number of anilines is 1. The van der Waals surface area contributed by atoms with Crippen molar-refractivity contribution < 1.29 is 19.0 Å². The van der Waals surface area contributed by atoms with Crippen LogP contribution in [0.5, 0.6) is 17.2 Å². The van der Waals surface area contributed by atoms with Gasteiger partial charge in [-0.2, -0.15) is 0 Å². The van der Waals surface area contributed by atoms with Crippen LogP contribution in [0.1, 0.15) is 26.3 Å². The van der Waals surface area contributed by atoms with Gasteiger partial charge in [-0.15, -0.1) is 0 Å². The number of amides is 1. The van der Waals surface area contributed by atoms with E-state index in [-0.39, 0.29) is 5.91 Å². The van der Waals surface area contributed by atoms with Crippen LogP contribution in [-0.2, 0) is 4.79 Å². The fourth-order valence-corrected chi connectivity index (χ4v) is 4.25. The second kappa shape index (κ2) is 10.1. The maximum atomic E-state index is 13.5. The Hall–Kier alpha value is -3.58. The molecule has 0 atom stereocenters. The van der Waals surface area contributed by atoms with Gasteiger partial charge in [0.05, 0.1) is 25.5 Å². The summed E-state index contributed by atoms with van der Waals surface area (Å²) in [4.78, 5) is 16.8. The molecule has 0 radical (unpaired) electrons. The topological polar surface area (TPSA) is 51.2 Å². The van der Waals surface area contributed by atoms with Gasteiger partial charge in [0.1, 0.15) is 22.9 Å². The van der Waals surface area contributed by atoms with E-state index in [0.29, 0.717) is 42.1 Å². The average Bonchev–Trinajstić information content (AvgIpc) is 3.04. The zero-order valence-electron chi connectivity index (χ0n) is 19.8. The SMILES string of the molecule is CCOc1ccc(N2C(=O)/C(=C/c3c(OCC)ccc4ccc(OCC)cc34)N(C)C2=S)cc1. The Morgan fingerprint density at radius 2 is 1.47 bits per heavy atom. The summed E-state index contributed by atoms with van der Waals surface area (Å²) in [6.07, 6.45) is 1.85. The number of carbonyl (C=O) groups is 1. The third-order valence-corrected chi connectivity index (χ3v) is 6.01. The molecule has 3 aromatic carbocycles. The summed E-state index contributed by atoms with van der Waals surface area (Å²) in [5, 5.41) is 2.38. The normalized spacial score (nSPS) is 14.9. The number of hydrogen-bond acceptors (Lipinski definition) is 5. The molecule has 0 aromatic heterocycles. The first-order valence-corrected chi connectivity index (χ1v) is 11.8. The summed E-state index contributed by atoms with van der Waals surface area (Å²) >= 11 is 5.64. The van der Waals surface area contributed by atoms with Crippen molar-refractivity contribution in [2.75, 3.05) is 31.8 Å². The molecule has 1 aliphatic rings. The predicted octanol–water partition coefficient (Wildman–Crippen LogP) is 5.64. The van der Waals surface area contributed by atoms with Crippen LogP contribution < -0.4 is 19.1 Å². The van der Waals surface area contributed by atoms with E-state index in [0.717, 1.165) is 27.8 Å². The van der Waals surface area contributed by atoms with Gasteiger partial charge in [0.15, 0.2) is 5.11 Å². The molecule has 176 valence electrons. The molecule has 6 nitrogen and oxygen atoms in total. The van der Waals surface area contributed by atoms with E-state index >= 15 is 0 Å². The van der Waals surface area contributed by atoms with Crippen molar-refractivity contribution in [2.24, 2.45) is 0 Å². The minimum Gasteiger partial charge on any atom is -0.494 e. The molecule has 1 heterocycles. The quantitative estimate of drug-likeness (QED) is 0.310. The fourth-order valence-electron chi connectivity index (χ4n) is 3.97. The van der Waals surface area contributed by atoms with Gasteiger partial charge in [-0.3, -0.25) is 9.69 Å². The monoisotopic (exact) mass is 476 g/mol. The van der Waals surface area contributed by atoms with E-state index in [1.165, 1.54) is 4.90 Å². The van der Waals surface area contributed by atoms with E-state index in [1.54, 1.807) is 11.9 Å². The molecule has 0 aliphatic carbocycles. The lowest BCUT2D eigenvalue weighted by atomic mass is 10.0. The first kappa shape index (κ1) is 23.6. The number of likely N-dealkylation sites (N-methyl/N-ethyl adjacent to an activating group) is 1. The van der Waals surface area contributed by atoms with Crippen LogP contribution in [0.2, 0.25) is 0 Å². The Bertz CT molecular complexity index is 1250.